The van der Waals surface area contributed by atoms with E-state index in [0.29, 0.717) is 10.1 Å². The summed E-state index contributed by atoms with van der Waals surface area (Å²) in [6, 6.07) is 14.9. The highest BCUT2D eigenvalue weighted by Crippen LogP contribution is 2.36. The lowest BCUT2D eigenvalue weighted by Crippen LogP contribution is -2.42. The summed E-state index contributed by atoms with van der Waals surface area (Å²) in [5.41, 5.74) is 0.817. The molecule has 8 heteroatoms. The van der Waals surface area contributed by atoms with Gasteiger partial charge >= 0.3 is 5.97 Å². The van der Waals surface area contributed by atoms with Crippen LogP contribution < -0.4 is 4.74 Å². The van der Waals surface area contributed by atoms with Crippen LogP contribution in [0.3, 0.4) is 0 Å². The molecule has 2 unspecified atom stereocenters. The summed E-state index contributed by atoms with van der Waals surface area (Å²) in [5, 5.41) is 0. The molecule has 158 valence electrons. The molecule has 2 aromatic carbocycles. The van der Waals surface area contributed by atoms with E-state index < -0.39 is 33.7 Å². The van der Waals surface area contributed by atoms with Crippen molar-refractivity contribution < 1.29 is 27.5 Å². The standard InChI is InChI=1S/C22H23NO6S/c1-3-29-21(24)15-20-19(16-7-5-4-6-8-16)13-14-23(22(20)25)30(26,27)18-11-9-17(28-2)10-12-18/h4-14,19-20H,3,15H2,1-2H3. The predicted molar refractivity (Wildman–Crippen MR) is 110 cm³/mol. The molecule has 0 saturated carbocycles. The van der Waals surface area contributed by atoms with E-state index in [9.17, 15) is 18.0 Å². The molecule has 30 heavy (non-hydrogen) atoms. The van der Waals surface area contributed by atoms with E-state index in [1.165, 1.54) is 37.6 Å². The molecule has 1 aliphatic heterocycles. The Kier molecular flexibility index (Phi) is 6.56. The van der Waals surface area contributed by atoms with Gasteiger partial charge in [-0.05, 0) is 36.8 Å². The molecule has 1 aliphatic rings. The third-order valence-corrected chi connectivity index (χ3v) is 6.58. The van der Waals surface area contributed by atoms with Gasteiger partial charge in [0, 0.05) is 12.1 Å². The zero-order valence-corrected chi connectivity index (χ0v) is 17.5. The van der Waals surface area contributed by atoms with Crippen LogP contribution in [0.1, 0.15) is 24.8 Å². The highest BCUT2D eigenvalue weighted by atomic mass is 32.2. The minimum absolute atomic E-state index is 0.0469. The first-order chi connectivity index (χ1) is 14.4. The van der Waals surface area contributed by atoms with Crippen molar-refractivity contribution in [1.29, 1.82) is 0 Å². The summed E-state index contributed by atoms with van der Waals surface area (Å²) in [5.74, 6) is -2.06. The van der Waals surface area contributed by atoms with Crippen molar-refractivity contribution in [2.45, 2.75) is 24.2 Å². The van der Waals surface area contributed by atoms with Crippen molar-refractivity contribution in [3.05, 3.63) is 72.4 Å². The second kappa shape index (κ2) is 9.13. The Labute approximate surface area is 176 Å². The molecular formula is C22H23NO6S. The molecule has 2 atom stereocenters. The monoisotopic (exact) mass is 429 g/mol. The number of methoxy groups -OCH3 is 1. The summed E-state index contributed by atoms with van der Waals surface area (Å²) in [7, 11) is -2.66. The van der Waals surface area contributed by atoms with Crippen molar-refractivity contribution in [2.75, 3.05) is 13.7 Å². The van der Waals surface area contributed by atoms with Gasteiger partial charge in [0.05, 0.1) is 31.0 Å². The van der Waals surface area contributed by atoms with Crippen molar-refractivity contribution >= 4 is 21.9 Å². The maximum atomic E-state index is 13.3. The highest BCUT2D eigenvalue weighted by molar-refractivity contribution is 7.89. The van der Waals surface area contributed by atoms with E-state index >= 15 is 0 Å². The van der Waals surface area contributed by atoms with Gasteiger partial charge in [-0.1, -0.05) is 36.4 Å². The Morgan fingerprint density at radius 1 is 1.07 bits per heavy atom. The average Bonchev–Trinajstić information content (AvgIpc) is 2.75. The molecule has 0 spiro atoms. The number of rotatable bonds is 7. The smallest absolute Gasteiger partial charge is 0.306 e. The Hall–Kier alpha value is -3.13. The maximum absolute atomic E-state index is 13.3. The third-order valence-electron chi connectivity index (χ3n) is 4.89. The first-order valence-corrected chi connectivity index (χ1v) is 10.9. The van der Waals surface area contributed by atoms with Crippen LogP contribution in [0.25, 0.3) is 0 Å². The minimum Gasteiger partial charge on any atom is -0.497 e. The van der Waals surface area contributed by atoms with Crippen molar-refractivity contribution in [1.82, 2.24) is 4.31 Å². The first-order valence-electron chi connectivity index (χ1n) is 9.49. The van der Waals surface area contributed by atoms with E-state index in [1.54, 1.807) is 13.0 Å². The molecule has 1 amide bonds. The summed E-state index contributed by atoms with van der Waals surface area (Å²) < 4.78 is 37.0. The van der Waals surface area contributed by atoms with Crippen LogP contribution in [0.15, 0.2) is 71.8 Å². The van der Waals surface area contributed by atoms with Crippen LogP contribution >= 0.6 is 0 Å². The number of ether oxygens (including phenoxy) is 2. The van der Waals surface area contributed by atoms with Crippen LogP contribution in [0.4, 0.5) is 0 Å². The van der Waals surface area contributed by atoms with E-state index in [-0.39, 0.29) is 17.9 Å². The molecule has 0 aliphatic carbocycles. The van der Waals surface area contributed by atoms with Crippen LogP contribution in [0, 0.1) is 5.92 Å². The van der Waals surface area contributed by atoms with Crippen molar-refractivity contribution in [3.8, 4) is 5.75 Å². The number of allylic oxidation sites excluding steroid dienone is 1. The number of esters is 1. The zero-order valence-electron chi connectivity index (χ0n) is 16.7. The van der Waals surface area contributed by atoms with E-state index in [4.69, 9.17) is 9.47 Å². The zero-order chi connectivity index (χ0) is 21.7. The number of carbonyl (C=O) groups excluding carboxylic acids is 2. The SMILES string of the molecule is CCOC(=O)CC1C(=O)N(S(=O)(=O)c2ccc(OC)cc2)C=CC1c1ccccc1. The van der Waals surface area contributed by atoms with Gasteiger partial charge in [-0.25, -0.2) is 12.7 Å². The molecular weight excluding hydrogens is 406 g/mol. The number of hydrogen-bond donors (Lipinski definition) is 0. The number of amides is 1. The normalized spacial score (nSPS) is 18.9. The molecule has 0 radical (unpaired) electrons. The Morgan fingerprint density at radius 3 is 2.33 bits per heavy atom. The highest BCUT2D eigenvalue weighted by Gasteiger charge is 2.41. The van der Waals surface area contributed by atoms with E-state index in [1.807, 2.05) is 30.3 Å². The van der Waals surface area contributed by atoms with E-state index in [0.717, 1.165) is 5.56 Å². The molecule has 0 bridgehead atoms. The molecule has 0 N–H and O–H groups in total. The molecule has 0 saturated heterocycles. The summed E-state index contributed by atoms with van der Waals surface area (Å²) in [4.78, 5) is 25.4. The number of carbonyl (C=O) groups is 2. The largest absolute Gasteiger partial charge is 0.497 e. The second-order valence-corrected chi connectivity index (χ2v) is 8.52. The van der Waals surface area contributed by atoms with Crippen molar-refractivity contribution in [2.24, 2.45) is 5.92 Å². The minimum atomic E-state index is -4.13. The van der Waals surface area contributed by atoms with E-state index in [2.05, 4.69) is 0 Å². The molecule has 0 fully saturated rings. The topological polar surface area (TPSA) is 90.0 Å². The number of hydrogen-bond acceptors (Lipinski definition) is 6. The quantitative estimate of drug-likeness (QED) is 0.629. The van der Waals surface area contributed by atoms with Gasteiger partial charge in [-0.15, -0.1) is 0 Å². The summed E-state index contributed by atoms with van der Waals surface area (Å²) in [6.45, 7) is 1.86. The van der Waals surface area contributed by atoms with Gasteiger partial charge in [-0.3, -0.25) is 9.59 Å². The number of nitrogens with zero attached hydrogens (tertiary/aromatic N) is 1. The average molecular weight is 429 g/mol. The molecule has 0 aromatic heterocycles. The van der Waals surface area contributed by atoms with Crippen LogP contribution in [0.5, 0.6) is 5.75 Å². The van der Waals surface area contributed by atoms with Gasteiger partial charge in [0.1, 0.15) is 5.75 Å². The fourth-order valence-corrected chi connectivity index (χ4v) is 4.70. The molecule has 7 nitrogen and oxygen atoms in total. The van der Waals surface area contributed by atoms with Crippen LogP contribution in [0.2, 0.25) is 0 Å². The Balaban J connectivity index is 1.98. The summed E-state index contributed by atoms with van der Waals surface area (Å²) >= 11 is 0. The number of benzene rings is 2. The summed E-state index contributed by atoms with van der Waals surface area (Å²) in [6.07, 6.45) is 2.69. The Morgan fingerprint density at radius 2 is 1.73 bits per heavy atom. The predicted octanol–water partition coefficient (Wildman–Crippen LogP) is 3.09. The lowest BCUT2D eigenvalue weighted by Gasteiger charge is -2.32. The second-order valence-electron chi connectivity index (χ2n) is 6.71. The third kappa shape index (κ3) is 4.38. The molecule has 1 heterocycles. The first kappa shape index (κ1) is 21.6. The van der Waals surface area contributed by atoms with Gasteiger partial charge in [0.25, 0.3) is 10.0 Å². The van der Waals surface area contributed by atoms with Gasteiger partial charge < -0.3 is 9.47 Å². The van der Waals surface area contributed by atoms with Crippen LogP contribution in [-0.2, 0) is 24.3 Å². The van der Waals surface area contributed by atoms with Gasteiger partial charge in [0.2, 0.25) is 5.91 Å². The lowest BCUT2D eigenvalue weighted by molar-refractivity contribution is -0.147. The van der Waals surface area contributed by atoms with Gasteiger partial charge in [0.15, 0.2) is 0 Å². The van der Waals surface area contributed by atoms with Crippen LogP contribution in [-0.4, -0.2) is 38.3 Å². The Bertz CT molecular complexity index is 1030. The van der Waals surface area contributed by atoms with Gasteiger partial charge in [-0.2, -0.15) is 0 Å². The van der Waals surface area contributed by atoms with Crippen molar-refractivity contribution in [3.63, 3.8) is 0 Å². The maximum Gasteiger partial charge on any atom is 0.306 e. The molecule has 3 rings (SSSR count). The number of sulfonamides is 1. The fraction of sp³-hybridized carbons (Fsp3) is 0.273. The lowest BCUT2D eigenvalue weighted by atomic mass is 9.82. The molecule has 2 aromatic rings. The fourth-order valence-electron chi connectivity index (χ4n) is 3.39.